The Balaban J connectivity index is 2.01. The number of nitrogens with zero attached hydrogens (tertiary/aromatic N) is 2. The molecule has 2 nitrogen and oxygen atoms in total. The number of aryl methyl sites for hydroxylation is 2. The lowest BCUT2D eigenvalue weighted by molar-refractivity contribution is -0.659. The molecule has 0 aliphatic rings. The fourth-order valence-electron chi connectivity index (χ4n) is 3.54. The van der Waals surface area contributed by atoms with Gasteiger partial charge in [0.1, 0.15) is 18.4 Å². The van der Waals surface area contributed by atoms with Crippen LogP contribution in [-0.4, -0.2) is 4.98 Å². The Morgan fingerprint density at radius 3 is 2.00 bits per heavy atom. The second-order valence-electron chi connectivity index (χ2n) is 6.68. The van der Waals surface area contributed by atoms with Crippen molar-refractivity contribution in [1.82, 2.24) is 4.98 Å². The standard InChI is InChI=1S/C25H23N2/c1-3-19-12-10-11-17-22(19)25-24(21-15-8-5-9-16-21)26-23(18-27(25)2)20-13-6-4-7-14-20/h4-18H,3H2,1-2H3/q+1. The number of aromatic nitrogens is 2. The van der Waals surface area contributed by atoms with Crippen molar-refractivity contribution in [1.29, 1.82) is 0 Å². The summed E-state index contributed by atoms with van der Waals surface area (Å²) in [5.41, 5.74) is 7.98. The van der Waals surface area contributed by atoms with Crippen LogP contribution in [0.1, 0.15) is 12.5 Å². The van der Waals surface area contributed by atoms with Crippen LogP contribution in [0.2, 0.25) is 0 Å². The van der Waals surface area contributed by atoms with E-state index in [1.54, 1.807) is 0 Å². The Morgan fingerprint density at radius 1 is 0.741 bits per heavy atom. The largest absolute Gasteiger partial charge is 0.239 e. The van der Waals surface area contributed by atoms with Crippen LogP contribution in [0.5, 0.6) is 0 Å². The average Bonchev–Trinajstić information content (AvgIpc) is 2.74. The maximum absolute atomic E-state index is 5.10. The maximum Gasteiger partial charge on any atom is 0.239 e. The van der Waals surface area contributed by atoms with Crippen LogP contribution < -0.4 is 4.57 Å². The molecule has 0 spiro atoms. The van der Waals surface area contributed by atoms with Crippen molar-refractivity contribution < 1.29 is 4.57 Å². The first-order chi connectivity index (χ1) is 13.3. The van der Waals surface area contributed by atoms with Gasteiger partial charge >= 0.3 is 0 Å². The van der Waals surface area contributed by atoms with Gasteiger partial charge in [-0.25, -0.2) is 4.98 Å². The van der Waals surface area contributed by atoms with Crippen molar-refractivity contribution in [3.8, 4) is 33.8 Å². The SMILES string of the molecule is CCc1ccccc1-c1c(-c2ccccc2)nc(-c2ccccc2)c[n+]1C. The number of benzene rings is 3. The van der Waals surface area contributed by atoms with E-state index in [4.69, 9.17) is 4.98 Å². The van der Waals surface area contributed by atoms with Gasteiger partial charge in [0, 0.05) is 11.1 Å². The molecule has 0 amide bonds. The molecular weight excluding hydrogens is 328 g/mol. The van der Waals surface area contributed by atoms with E-state index < -0.39 is 0 Å². The number of rotatable bonds is 4. The minimum Gasteiger partial charge on any atom is -0.234 e. The summed E-state index contributed by atoms with van der Waals surface area (Å²) in [4.78, 5) is 5.10. The summed E-state index contributed by atoms with van der Waals surface area (Å²) in [5.74, 6) is 0. The fraction of sp³-hybridized carbons (Fsp3) is 0.120. The Bertz CT molecular complexity index is 1050. The van der Waals surface area contributed by atoms with E-state index in [0.29, 0.717) is 0 Å². The van der Waals surface area contributed by atoms with Crippen molar-refractivity contribution in [3.05, 3.63) is 96.7 Å². The van der Waals surface area contributed by atoms with Crippen LogP contribution in [0, 0.1) is 0 Å². The number of hydrogen-bond donors (Lipinski definition) is 0. The summed E-state index contributed by atoms with van der Waals surface area (Å²) in [6.45, 7) is 2.20. The van der Waals surface area contributed by atoms with E-state index in [1.165, 1.54) is 11.1 Å². The molecule has 0 saturated carbocycles. The first kappa shape index (κ1) is 17.2. The Morgan fingerprint density at radius 2 is 1.33 bits per heavy atom. The van der Waals surface area contributed by atoms with Crippen LogP contribution >= 0.6 is 0 Å². The van der Waals surface area contributed by atoms with Gasteiger partial charge in [-0.15, -0.1) is 0 Å². The molecule has 1 heterocycles. The highest BCUT2D eigenvalue weighted by atomic mass is 15.0. The molecule has 0 N–H and O–H groups in total. The second kappa shape index (κ2) is 7.55. The first-order valence-corrected chi connectivity index (χ1v) is 9.37. The van der Waals surface area contributed by atoms with Crippen LogP contribution in [0.25, 0.3) is 33.8 Å². The van der Waals surface area contributed by atoms with Crippen LogP contribution in [0.15, 0.2) is 91.1 Å². The van der Waals surface area contributed by atoms with Gasteiger partial charge in [0.25, 0.3) is 0 Å². The molecule has 132 valence electrons. The predicted molar refractivity (Wildman–Crippen MR) is 111 cm³/mol. The van der Waals surface area contributed by atoms with E-state index in [1.807, 2.05) is 12.1 Å². The minimum absolute atomic E-state index is 0.981. The summed E-state index contributed by atoms with van der Waals surface area (Å²) in [5, 5.41) is 0. The van der Waals surface area contributed by atoms with Crippen LogP contribution in [0.3, 0.4) is 0 Å². The first-order valence-electron chi connectivity index (χ1n) is 9.37. The Labute approximate surface area is 160 Å². The minimum atomic E-state index is 0.981. The van der Waals surface area contributed by atoms with Gasteiger partial charge in [-0.2, -0.15) is 4.57 Å². The predicted octanol–water partition coefficient (Wildman–Crippen LogP) is 5.47. The average molecular weight is 351 g/mol. The van der Waals surface area contributed by atoms with Gasteiger partial charge in [0.05, 0.1) is 5.56 Å². The normalized spacial score (nSPS) is 10.7. The molecule has 3 aromatic carbocycles. The molecule has 4 aromatic rings. The molecular formula is C25H23N2+. The summed E-state index contributed by atoms with van der Waals surface area (Å²) in [6.07, 6.45) is 3.12. The van der Waals surface area contributed by atoms with Crippen molar-refractivity contribution in [2.24, 2.45) is 7.05 Å². The third kappa shape index (κ3) is 3.39. The molecule has 0 unspecified atom stereocenters. The molecule has 0 fully saturated rings. The molecule has 2 heteroatoms. The summed E-state index contributed by atoms with van der Waals surface area (Å²) in [7, 11) is 2.11. The lowest BCUT2D eigenvalue weighted by atomic mass is 9.97. The van der Waals surface area contributed by atoms with E-state index in [9.17, 15) is 0 Å². The molecule has 0 saturated heterocycles. The van der Waals surface area contributed by atoms with Crippen molar-refractivity contribution in [2.45, 2.75) is 13.3 Å². The fourth-order valence-corrected chi connectivity index (χ4v) is 3.54. The molecule has 0 atom stereocenters. The molecule has 0 aliphatic carbocycles. The lowest BCUT2D eigenvalue weighted by Gasteiger charge is -2.12. The molecule has 0 aliphatic heterocycles. The molecule has 0 bridgehead atoms. The van der Waals surface area contributed by atoms with Gasteiger partial charge in [-0.05, 0) is 18.1 Å². The Kier molecular flexibility index (Phi) is 4.80. The monoisotopic (exact) mass is 351 g/mol. The second-order valence-corrected chi connectivity index (χ2v) is 6.68. The van der Waals surface area contributed by atoms with Crippen molar-refractivity contribution in [3.63, 3.8) is 0 Å². The molecule has 27 heavy (non-hydrogen) atoms. The van der Waals surface area contributed by atoms with E-state index in [-0.39, 0.29) is 0 Å². The highest BCUT2D eigenvalue weighted by Gasteiger charge is 2.23. The Hall–Kier alpha value is -3.26. The van der Waals surface area contributed by atoms with Gasteiger partial charge in [-0.3, -0.25) is 0 Å². The molecule has 4 rings (SSSR count). The van der Waals surface area contributed by atoms with Crippen molar-refractivity contribution in [2.75, 3.05) is 0 Å². The summed E-state index contributed by atoms with van der Waals surface area (Å²) < 4.78 is 2.21. The van der Waals surface area contributed by atoms with Crippen LogP contribution in [-0.2, 0) is 13.5 Å². The van der Waals surface area contributed by atoms with Gasteiger partial charge < -0.3 is 0 Å². The third-order valence-electron chi connectivity index (χ3n) is 4.90. The van der Waals surface area contributed by atoms with E-state index in [2.05, 4.69) is 97.5 Å². The smallest absolute Gasteiger partial charge is 0.234 e. The van der Waals surface area contributed by atoms with Gasteiger partial charge in [0.2, 0.25) is 5.69 Å². The summed E-state index contributed by atoms with van der Waals surface area (Å²) >= 11 is 0. The maximum atomic E-state index is 5.10. The quantitative estimate of drug-likeness (QED) is 0.446. The molecule has 0 radical (unpaired) electrons. The van der Waals surface area contributed by atoms with Gasteiger partial charge in [0.15, 0.2) is 6.20 Å². The van der Waals surface area contributed by atoms with Gasteiger partial charge in [-0.1, -0.05) is 85.8 Å². The number of hydrogen-bond acceptors (Lipinski definition) is 1. The lowest BCUT2D eigenvalue weighted by Crippen LogP contribution is -2.32. The zero-order valence-corrected chi connectivity index (χ0v) is 15.8. The zero-order chi connectivity index (χ0) is 18.6. The zero-order valence-electron chi connectivity index (χ0n) is 15.8. The molecule has 1 aromatic heterocycles. The van der Waals surface area contributed by atoms with E-state index in [0.717, 1.165) is 34.6 Å². The topological polar surface area (TPSA) is 16.8 Å². The third-order valence-corrected chi connectivity index (χ3v) is 4.90. The van der Waals surface area contributed by atoms with E-state index >= 15 is 0 Å². The van der Waals surface area contributed by atoms with Crippen molar-refractivity contribution >= 4 is 0 Å². The summed E-state index contributed by atoms with van der Waals surface area (Å²) in [6, 6.07) is 29.4. The van der Waals surface area contributed by atoms with Crippen LogP contribution in [0.4, 0.5) is 0 Å². The highest BCUT2D eigenvalue weighted by Crippen LogP contribution is 2.31. The highest BCUT2D eigenvalue weighted by molar-refractivity contribution is 5.79.